The minimum atomic E-state index is -3.54. The van der Waals surface area contributed by atoms with Crippen LogP contribution >= 0.6 is 15.9 Å². The first-order valence-electron chi connectivity index (χ1n) is 8.72. The zero-order valence-corrected chi connectivity index (χ0v) is 18.0. The lowest BCUT2D eigenvalue weighted by Gasteiger charge is -2.34. The van der Waals surface area contributed by atoms with Crippen molar-refractivity contribution in [1.29, 1.82) is 0 Å². The molecule has 0 unspecified atom stereocenters. The van der Waals surface area contributed by atoms with Gasteiger partial charge in [-0.2, -0.15) is 9.40 Å². The van der Waals surface area contributed by atoms with Gasteiger partial charge in [0.05, 0.1) is 17.0 Å². The molecule has 1 aromatic heterocycles. The number of carbonyl (C=O) groups excluding carboxylic acids is 1. The summed E-state index contributed by atoms with van der Waals surface area (Å²) in [6.07, 6.45) is 0.297. The molecule has 1 saturated heterocycles. The number of benzene rings is 1. The fourth-order valence-corrected chi connectivity index (χ4v) is 4.96. The molecule has 27 heavy (non-hydrogen) atoms. The second-order valence-corrected chi connectivity index (χ2v) is 9.54. The lowest BCUT2D eigenvalue weighted by molar-refractivity contribution is -0.131. The molecule has 2 heterocycles. The highest BCUT2D eigenvalue weighted by Crippen LogP contribution is 2.21. The van der Waals surface area contributed by atoms with E-state index in [-0.39, 0.29) is 10.8 Å². The van der Waals surface area contributed by atoms with Crippen molar-refractivity contribution in [2.45, 2.75) is 25.2 Å². The van der Waals surface area contributed by atoms with E-state index in [2.05, 4.69) is 21.0 Å². The van der Waals surface area contributed by atoms with Crippen molar-refractivity contribution in [3.8, 4) is 0 Å². The lowest BCUT2D eigenvalue weighted by atomic mass is 10.1. The number of aryl methyl sites for hydroxylation is 2. The van der Waals surface area contributed by atoms with Crippen molar-refractivity contribution in [2.24, 2.45) is 7.05 Å². The van der Waals surface area contributed by atoms with Gasteiger partial charge in [0.15, 0.2) is 0 Å². The Balaban J connectivity index is 1.64. The number of amides is 1. The van der Waals surface area contributed by atoms with Crippen LogP contribution in [0.2, 0.25) is 0 Å². The van der Waals surface area contributed by atoms with Gasteiger partial charge in [0, 0.05) is 49.0 Å². The number of rotatable bonds is 4. The Morgan fingerprint density at radius 2 is 1.70 bits per heavy atom. The van der Waals surface area contributed by atoms with Crippen molar-refractivity contribution < 1.29 is 13.2 Å². The van der Waals surface area contributed by atoms with Gasteiger partial charge in [-0.25, -0.2) is 8.42 Å². The van der Waals surface area contributed by atoms with Crippen LogP contribution in [0.25, 0.3) is 0 Å². The number of nitrogens with zero attached hydrogens (tertiary/aromatic N) is 4. The zero-order valence-electron chi connectivity index (χ0n) is 15.6. The summed E-state index contributed by atoms with van der Waals surface area (Å²) in [6.45, 7) is 5.24. The van der Waals surface area contributed by atoms with Crippen molar-refractivity contribution >= 4 is 31.9 Å². The molecule has 0 bridgehead atoms. The van der Waals surface area contributed by atoms with E-state index in [1.54, 1.807) is 33.8 Å². The van der Waals surface area contributed by atoms with Crippen LogP contribution in [-0.4, -0.2) is 59.5 Å². The Morgan fingerprint density at radius 1 is 1.11 bits per heavy atom. The highest BCUT2D eigenvalue weighted by molar-refractivity contribution is 9.10. The molecule has 0 N–H and O–H groups in total. The lowest BCUT2D eigenvalue weighted by Crippen LogP contribution is -2.50. The largest absolute Gasteiger partial charge is 0.340 e. The van der Waals surface area contributed by atoms with Crippen LogP contribution < -0.4 is 0 Å². The van der Waals surface area contributed by atoms with Crippen LogP contribution in [0.3, 0.4) is 0 Å². The summed E-state index contributed by atoms with van der Waals surface area (Å²) in [4.78, 5) is 14.7. The number of hydrogen-bond donors (Lipinski definition) is 0. The van der Waals surface area contributed by atoms with E-state index in [0.717, 1.165) is 21.4 Å². The predicted octanol–water partition coefficient (Wildman–Crippen LogP) is 1.88. The zero-order chi connectivity index (χ0) is 19.8. The Bertz CT molecular complexity index is 946. The van der Waals surface area contributed by atoms with Crippen molar-refractivity contribution in [2.75, 3.05) is 26.2 Å². The first-order chi connectivity index (χ1) is 12.7. The first kappa shape index (κ1) is 20.0. The summed E-state index contributed by atoms with van der Waals surface area (Å²) in [5.74, 6) is 0.00916. The van der Waals surface area contributed by atoms with Gasteiger partial charge in [-0.3, -0.25) is 9.48 Å². The number of piperazine rings is 1. The van der Waals surface area contributed by atoms with Gasteiger partial charge in [0.1, 0.15) is 0 Å². The van der Waals surface area contributed by atoms with Gasteiger partial charge < -0.3 is 4.90 Å². The number of carbonyl (C=O) groups is 1. The summed E-state index contributed by atoms with van der Waals surface area (Å²) < 4.78 is 29.6. The van der Waals surface area contributed by atoms with E-state index in [4.69, 9.17) is 0 Å². The third-order valence-electron chi connectivity index (χ3n) is 5.03. The third-order valence-corrected chi connectivity index (χ3v) is 7.47. The van der Waals surface area contributed by atoms with Gasteiger partial charge in [0.2, 0.25) is 15.9 Å². The van der Waals surface area contributed by atoms with Crippen molar-refractivity contribution in [1.82, 2.24) is 19.0 Å². The molecule has 2 aromatic rings. The van der Waals surface area contributed by atoms with Crippen molar-refractivity contribution in [3.63, 3.8) is 0 Å². The van der Waals surface area contributed by atoms with Crippen LogP contribution in [0.1, 0.15) is 17.0 Å². The van der Waals surface area contributed by atoms with E-state index in [1.165, 1.54) is 4.31 Å². The van der Waals surface area contributed by atoms with E-state index >= 15 is 0 Å². The fourth-order valence-electron chi connectivity index (χ4n) is 3.27. The predicted molar refractivity (Wildman–Crippen MR) is 106 cm³/mol. The number of aromatic nitrogens is 2. The molecule has 0 aliphatic carbocycles. The molecule has 0 atom stereocenters. The molecule has 7 nitrogen and oxygen atoms in total. The smallest absolute Gasteiger partial charge is 0.243 e. The molecule has 1 aliphatic rings. The normalized spacial score (nSPS) is 15.9. The van der Waals surface area contributed by atoms with E-state index < -0.39 is 10.0 Å². The average Bonchev–Trinajstić information content (AvgIpc) is 2.88. The van der Waals surface area contributed by atoms with E-state index in [9.17, 15) is 13.2 Å². The monoisotopic (exact) mass is 454 g/mol. The van der Waals surface area contributed by atoms with Crippen LogP contribution in [0.5, 0.6) is 0 Å². The Kier molecular flexibility index (Phi) is 5.73. The maximum absolute atomic E-state index is 12.8. The molecular weight excluding hydrogens is 432 g/mol. The van der Waals surface area contributed by atoms with Gasteiger partial charge in [-0.15, -0.1) is 0 Å². The van der Waals surface area contributed by atoms with Gasteiger partial charge in [-0.1, -0.05) is 15.9 Å². The molecule has 1 aromatic carbocycles. The summed E-state index contributed by atoms with van der Waals surface area (Å²) in [5.41, 5.74) is 2.80. The summed E-state index contributed by atoms with van der Waals surface area (Å²) in [7, 11) is -1.67. The number of sulfonamides is 1. The summed E-state index contributed by atoms with van der Waals surface area (Å²) in [5, 5.41) is 4.35. The van der Waals surface area contributed by atoms with E-state index in [1.807, 2.05) is 20.9 Å². The molecule has 0 spiro atoms. The van der Waals surface area contributed by atoms with Crippen LogP contribution in [-0.2, 0) is 28.3 Å². The van der Waals surface area contributed by atoms with Crippen LogP contribution in [0, 0.1) is 13.8 Å². The maximum Gasteiger partial charge on any atom is 0.243 e. The molecule has 146 valence electrons. The molecule has 9 heteroatoms. The molecular formula is C18H23BrN4O3S. The Hall–Kier alpha value is -1.71. The number of hydrogen-bond acceptors (Lipinski definition) is 4. The molecule has 0 saturated carbocycles. The second kappa shape index (κ2) is 7.73. The Morgan fingerprint density at radius 3 is 2.22 bits per heavy atom. The van der Waals surface area contributed by atoms with Crippen molar-refractivity contribution in [3.05, 3.63) is 45.7 Å². The molecule has 0 radical (unpaired) electrons. The van der Waals surface area contributed by atoms with Gasteiger partial charge in [0.25, 0.3) is 0 Å². The third kappa shape index (κ3) is 4.09. The maximum atomic E-state index is 12.8. The minimum Gasteiger partial charge on any atom is -0.340 e. The topological polar surface area (TPSA) is 75.5 Å². The highest BCUT2D eigenvalue weighted by atomic mass is 79.9. The Labute approximate surface area is 168 Å². The van der Waals surface area contributed by atoms with Crippen LogP contribution in [0.15, 0.2) is 33.6 Å². The second-order valence-electron chi connectivity index (χ2n) is 6.69. The fraction of sp³-hybridized carbons (Fsp3) is 0.444. The van der Waals surface area contributed by atoms with Gasteiger partial charge in [-0.05, 0) is 38.1 Å². The standard InChI is InChI=1S/C18H23BrN4O3S/c1-13-17(14(2)21(3)20-13)12-18(24)22-8-10-23(11-9-22)27(25,26)16-6-4-15(19)5-7-16/h4-7H,8-12H2,1-3H3. The molecule has 1 amide bonds. The summed E-state index contributed by atoms with van der Waals surface area (Å²) in [6, 6.07) is 6.60. The van der Waals surface area contributed by atoms with Gasteiger partial charge >= 0.3 is 0 Å². The van der Waals surface area contributed by atoms with E-state index in [0.29, 0.717) is 32.6 Å². The highest BCUT2D eigenvalue weighted by Gasteiger charge is 2.30. The number of halogens is 1. The molecule has 1 fully saturated rings. The quantitative estimate of drug-likeness (QED) is 0.706. The minimum absolute atomic E-state index is 0.00916. The summed E-state index contributed by atoms with van der Waals surface area (Å²) >= 11 is 3.31. The first-order valence-corrected chi connectivity index (χ1v) is 11.0. The van der Waals surface area contributed by atoms with Crippen LogP contribution in [0.4, 0.5) is 0 Å². The molecule has 1 aliphatic heterocycles. The molecule has 3 rings (SSSR count). The SMILES string of the molecule is Cc1nn(C)c(C)c1CC(=O)N1CCN(S(=O)(=O)c2ccc(Br)cc2)CC1. The average molecular weight is 455 g/mol.